The first-order chi connectivity index (χ1) is 11.1. The first-order valence-corrected chi connectivity index (χ1v) is 7.45. The van der Waals surface area contributed by atoms with E-state index in [2.05, 4.69) is 32.1 Å². The highest BCUT2D eigenvalue weighted by Gasteiger charge is 2.18. The minimum atomic E-state index is -0.399. The second kappa shape index (κ2) is 6.70. The zero-order chi connectivity index (χ0) is 16.2. The second-order valence-electron chi connectivity index (χ2n) is 5.50. The highest BCUT2D eigenvalue weighted by Crippen LogP contribution is 2.13. The maximum Gasteiger partial charge on any atom is 0.274 e. The fourth-order valence-electron chi connectivity index (χ4n) is 2.40. The summed E-state index contributed by atoms with van der Waals surface area (Å²) in [7, 11) is 2.07. The number of hydrogen-bond acceptors (Lipinski definition) is 5. The van der Waals surface area contributed by atoms with Crippen LogP contribution in [0.5, 0.6) is 0 Å². The Kier molecular flexibility index (Phi) is 4.47. The molecule has 0 spiro atoms. The molecule has 1 aromatic carbocycles. The van der Waals surface area contributed by atoms with Crippen LogP contribution in [-0.2, 0) is 0 Å². The monoisotopic (exact) mass is 315 g/mol. The normalized spacial score (nSPS) is 15.5. The summed E-state index contributed by atoms with van der Waals surface area (Å²) in [6, 6.07) is 7.31. The molecule has 1 amide bonds. The lowest BCUT2D eigenvalue weighted by Crippen LogP contribution is -2.45. The van der Waals surface area contributed by atoms with Gasteiger partial charge in [-0.2, -0.15) is 0 Å². The minimum absolute atomic E-state index is 0.262. The molecular weight excluding hydrogens is 297 g/mol. The lowest BCUT2D eigenvalue weighted by Gasteiger charge is -2.32. The summed E-state index contributed by atoms with van der Waals surface area (Å²) >= 11 is 0. The second-order valence-corrected chi connectivity index (χ2v) is 5.50. The molecule has 1 fully saturated rings. The molecule has 0 radical (unpaired) electrons. The summed E-state index contributed by atoms with van der Waals surface area (Å²) in [5, 5.41) is 2.64. The summed E-state index contributed by atoms with van der Waals surface area (Å²) in [5.74, 6) is -0.234. The summed E-state index contributed by atoms with van der Waals surface area (Å²) < 4.78 is 13.2. The number of anilines is 2. The van der Waals surface area contributed by atoms with E-state index in [1.807, 2.05) is 0 Å². The molecule has 2 aromatic rings. The van der Waals surface area contributed by atoms with E-state index in [0.717, 1.165) is 26.2 Å². The zero-order valence-corrected chi connectivity index (χ0v) is 12.9. The lowest BCUT2D eigenvalue weighted by atomic mass is 10.3. The van der Waals surface area contributed by atoms with Crippen LogP contribution in [0.15, 0.2) is 36.5 Å². The number of nitrogens with zero attached hydrogens (tertiary/aromatic N) is 4. The van der Waals surface area contributed by atoms with Gasteiger partial charge in [0, 0.05) is 38.1 Å². The fraction of sp³-hybridized carbons (Fsp3) is 0.312. The molecule has 6 nitrogen and oxygen atoms in total. The topological polar surface area (TPSA) is 61.4 Å². The molecule has 0 saturated carbocycles. The van der Waals surface area contributed by atoms with Crippen LogP contribution >= 0.6 is 0 Å². The van der Waals surface area contributed by atoms with E-state index in [1.165, 1.54) is 12.1 Å². The maximum atomic E-state index is 13.2. The SMILES string of the molecule is CN1CCN(c2nccc(C(=O)Nc3cccc(F)c3)n2)CC1. The third kappa shape index (κ3) is 3.81. The van der Waals surface area contributed by atoms with Gasteiger partial charge in [0.15, 0.2) is 0 Å². The number of amides is 1. The van der Waals surface area contributed by atoms with Crippen LogP contribution in [0.4, 0.5) is 16.0 Å². The Morgan fingerprint density at radius 2 is 2.00 bits per heavy atom. The van der Waals surface area contributed by atoms with Crippen molar-refractivity contribution < 1.29 is 9.18 Å². The molecule has 1 saturated heterocycles. The average Bonchev–Trinajstić information content (AvgIpc) is 2.56. The summed E-state index contributed by atoms with van der Waals surface area (Å²) in [6.45, 7) is 3.52. The van der Waals surface area contributed by atoms with Crippen molar-refractivity contribution in [2.24, 2.45) is 0 Å². The van der Waals surface area contributed by atoms with Gasteiger partial charge in [-0.05, 0) is 31.3 Å². The van der Waals surface area contributed by atoms with Gasteiger partial charge >= 0.3 is 0 Å². The first kappa shape index (κ1) is 15.4. The summed E-state index contributed by atoms with van der Waals surface area (Å²) in [5.41, 5.74) is 0.660. The molecule has 7 heteroatoms. The van der Waals surface area contributed by atoms with Crippen molar-refractivity contribution in [3.05, 3.63) is 48.0 Å². The van der Waals surface area contributed by atoms with Crippen LogP contribution in [0.3, 0.4) is 0 Å². The molecule has 0 atom stereocenters. The Bertz CT molecular complexity index is 700. The van der Waals surface area contributed by atoms with Crippen LogP contribution in [0, 0.1) is 5.82 Å². The molecule has 0 bridgehead atoms. The van der Waals surface area contributed by atoms with Crippen LogP contribution in [0.25, 0.3) is 0 Å². The molecule has 1 aromatic heterocycles. The van der Waals surface area contributed by atoms with Crippen LogP contribution in [-0.4, -0.2) is 54.0 Å². The van der Waals surface area contributed by atoms with Crippen molar-refractivity contribution in [1.82, 2.24) is 14.9 Å². The minimum Gasteiger partial charge on any atom is -0.338 e. The molecule has 0 aliphatic carbocycles. The largest absolute Gasteiger partial charge is 0.338 e. The van der Waals surface area contributed by atoms with Crippen LogP contribution in [0.1, 0.15) is 10.5 Å². The number of aromatic nitrogens is 2. The van der Waals surface area contributed by atoms with E-state index in [1.54, 1.807) is 24.4 Å². The average molecular weight is 315 g/mol. The molecule has 2 heterocycles. The van der Waals surface area contributed by atoms with Crippen molar-refractivity contribution in [3.63, 3.8) is 0 Å². The molecule has 120 valence electrons. The smallest absolute Gasteiger partial charge is 0.274 e. The lowest BCUT2D eigenvalue weighted by molar-refractivity contribution is 0.102. The number of benzene rings is 1. The van der Waals surface area contributed by atoms with Crippen molar-refractivity contribution >= 4 is 17.5 Å². The maximum absolute atomic E-state index is 13.2. The third-order valence-electron chi connectivity index (χ3n) is 3.74. The van der Waals surface area contributed by atoms with Crippen molar-refractivity contribution in [2.45, 2.75) is 0 Å². The van der Waals surface area contributed by atoms with E-state index in [4.69, 9.17) is 0 Å². The molecule has 0 unspecified atom stereocenters. The predicted octanol–water partition coefficient (Wildman–Crippen LogP) is 1.62. The number of likely N-dealkylation sites (N-methyl/N-ethyl adjacent to an activating group) is 1. The van der Waals surface area contributed by atoms with Gasteiger partial charge in [-0.1, -0.05) is 6.07 Å². The number of halogens is 1. The predicted molar refractivity (Wildman–Crippen MR) is 86.1 cm³/mol. The highest BCUT2D eigenvalue weighted by atomic mass is 19.1. The Morgan fingerprint density at radius 1 is 1.22 bits per heavy atom. The standard InChI is InChI=1S/C16H18FN5O/c1-21-7-9-22(10-8-21)16-18-6-5-14(20-16)15(23)19-13-4-2-3-12(17)11-13/h2-6,11H,7-10H2,1H3,(H,19,23). The van der Waals surface area contributed by atoms with E-state index in [9.17, 15) is 9.18 Å². The number of piperazine rings is 1. The van der Waals surface area contributed by atoms with Crippen molar-refractivity contribution in [2.75, 3.05) is 43.4 Å². The molecule has 3 rings (SSSR count). The quantitative estimate of drug-likeness (QED) is 0.932. The summed E-state index contributed by atoms with van der Waals surface area (Å²) in [4.78, 5) is 25.1. The van der Waals surface area contributed by atoms with Crippen molar-refractivity contribution in [3.8, 4) is 0 Å². The number of carbonyl (C=O) groups is 1. The number of rotatable bonds is 3. The van der Waals surface area contributed by atoms with E-state index in [0.29, 0.717) is 11.6 Å². The van der Waals surface area contributed by atoms with E-state index >= 15 is 0 Å². The number of carbonyl (C=O) groups excluding carboxylic acids is 1. The molecule has 1 aliphatic rings. The Morgan fingerprint density at radius 3 is 2.74 bits per heavy atom. The Balaban J connectivity index is 1.72. The summed E-state index contributed by atoms with van der Waals surface area (Å²) in [6.07, 6.45) is 1.57. The molecule has 1 aliphatic heterocycles. The van der Waals surface area contributed by atoms with Gasteiger partial charge < -0.3 is 15.1 Å². The van der Waals surface area contributed by atoms with Gasteiger partial charge in [-0.25, -0.2) is 14.4 Å². The first-order valence-electron chi connectivity index (χ1n) is 7.45. The highest BCUT2D eigenvalue weighted by molar-refractivity contribution is 6.02. The van der Waals surface area contributed by atoms with E-state index < -0.39 is 5.82 Å². The Labute approximate surface area is 134 Å². The van der Waals surface area contributed by atoms with Gasteiger partial charge in [-0.15, -0.1) is 0 Å². The Hall–Kier alpha value is -2.54. The van der Waals surface area contributed by atoms with E-state index in [-0.39, 0.29) is 11.6 Å². The van der Waals surface area contributed by atoms with Crippen LogP contribution < -0.4 is 10.2 Å². The van der Waals surface area contributed by atoms with Crippen LogP contribution in [0.2, 0.25) is 0 Å². The fourth-order valence-corrected chi connectivity index (χ4v) is 2.40. The zero-order valence-electron chi connectivity index (χ0n) is 12.9. The number of hydrogen-bond donors (Lipinski definition) is 1. The van der Waals surface area contributed by atoms with Gasteiger partial charge in [0.2, 0.25) is 5.95 Å². The molecule has 23 heavy (non-hydrogen) atoms. The number of nitrogens with one attached hydrogen (secondary N) is 1. The van der Waals surface area contributed by atoms with Gasteiger partial charge in [0.1, 0.15) is 11.5 Å². The third-order valence-corrected chi connectivity index (χ3v) is 3.74. The van der Waals surface area contributed by atoms with Crippen molar-refractivity contribution in [1.29, 1.82) is 0 Å². The molecular formula is C16H18FN5O. The van der Waals surface area contributed by atoms with Gasteiger partial charge in [-0.3, -0.25) is 4.79 Å². The van der Waals surface area contributed by atoms with Gasteiger partial charge in [0.25, 0.3) is 5.91 Å². The molecule has 1 N–H and O–H groups in total. The van der Waals surface area contributed by atoms with Gasteiger partial charge in [0.05, 0.1) is 0 Å².